The molecule has 6 heteroatoms. The van der Waals surface area contributed by atoms with E-state index in [9.17, 15) is 9.59 Å². The van der Waals surface area contributed by atoms with Crippen LogP contribution in [0, 0.1) is 6.92 Å². The summed E-state index contributed by atoms with van der Waals surface area (Å²) in [5.74, 6) is -0.376. The first-order valence-electron chi connectivity index (χ1n) is 9.81. The van der Waals surface area contributed by atoms with Crippen molar-refractivity contribution < 1.29 is 9.59 Å². The minimum atomic E-state index is -0.627. The average Bonchev–Trinajstić information content (AvgIpc) is 2.68. The zero-order valence-corrected chi connectivity index (χ0v) is 18.8. The van der Waals surface area contributed by atoms with Gasteiger partial charge in [-0.05, 0) is 50.5 Å². The van der Waals surface area contributed by atoms with Crippen LogP contribution in [0.1, 0.15) is 43.9 Å². The van der Waals surface area contributed by atoms with Crippen molar-refractivity contribution in [2.75, 3.05) is 0 Å². The van der Waals surface area contributed by atoms with Crippen LogP contribution in [0.15, 0.2) is 42.5 Å². The van der Waals surface area contributed by atoms with Crippen molar-refractivity contribution in [3.63, 3.8) is 0 Å². The Labute approximate surface area is 183 Å². The fourth-order valence-corrected chi connectivity index (χ4v) is 3.54. The number of carbonyl (C=O) groups is 2. The van der Waals surface area contributed by atoms with Crippen molar-refractivity contribution in [2.24, 2.45) is 0 Å². The number of carbonyl (C=O) groups excluding carboxylic acids is 2. The van der Waals surface area contributed by atoms with Gasteiger partial charge in [-0.3, -0.25) is 9.59 Å². The molecule has 0 aliphatic carbocycles. The largest absolute Gasteiger partial charge is 0.352 e. The molecule has 2 aromatic rings. The highest BCUT2D eigenvalue weighted by Crippen LogP contribution is 2.26. The summed E-state index contributed by atoms with van der Waals surface area (Å²) in [6, 6.07) is 12.5. The van der Waals surface area contributed by atoms with Gasteiger partial charge in [-0.15, -0.1) is 0 Å². The van der Waals surface area contributed by atoms with E-state index in [4.69, 9.17) is 23.2 Å². The maximum absolute atomic E-state index is 13.2. The second-order valence-electron chi connectivity index (χ2n) is 7.38. The molecule has 2 unspecified atom stereocenters. The summed E-state index contributed by atoms with van der Waals surface area (Å²) in [5, 5.41) is 3.85. The van der Waals surface area contributed by atoms with Gasteiger partial charge in [-0.1, -0.05) is 66.0 Å². The molecule has 0 saturated carbocycles. The third kappa shape index (κ3) is 6.48. The molecule has 2 atom stereocenters. The Morgan fingerprint density at radius 2 is 1.69 bits per heavy atom. The third-order valence-electron chi connectivity index (χ3n) is 4.99. The first kappa shape index (κ1) is 23.2. The van der Waals surface area contributed by atoms with Crippen LogP contribution in [-0.2, 0) is 22.6 Å². The quantitative estimate of drug-likeness (QED) is 0.622. The van der Waals surface area contributed by atoms with Crippen LogP contribution in [-0.4, -0.2) is 28.8 Å². The first-order valence-corrected chi connectivity index (χ1v) is 10.6. The van der Waals surface area contributed by atoms with Crippen LogP contribution in [0.3, 0.4) is 0 Å². The van der Waals surface area contributed by atoms with E-state index in [1.807, 2.05) is 45.0 Å². The molecule has 156 valence electrons. The summed E-state index contributed by atoms with van der Waals surface area (Å²) in [6.07, 6.45) is 0.852. The van der Waals surface area contributed by atoms with Gasteiger partial charge in [0.15, 0.2) is 0 Å². The molecular formula is C23H28Cl2N2O2. The SMILES string of the molecule is CCC(C)NC(=O)C(C)N(Cc1cccc(C)c1)C(=O)Cc1c(Cl)cccc1Cl. The molecule has 0 aromatic heterocycles. The number of benzene rings is 2. The molecule has 0 saturated heterocycles. The predicted molar refractivity (Wildman–Crippen MR) is 119 cm³/mol. The lowest BCUT2D eigenvalue weighted by Gasteiger charge is -2.30. The molecule has 0 radical (unpaired) electrons. The maximum Gasteiger partial charge on any atom is 0.242 e. The minimum Gasteiger partial charge on any atom is -0.352 e. The Hall–Kier alpha value is -2.04. The Kier molecular flexibility index (Phi) is 8.54. The monoisotopic (exact) mass is 434 g/mol. The van der Waals surface area contributed by atoms with E-state index < -0.39 is 6.04 Å². The number of rotatable bonds is 8. The molecule has 0 fully saturated rings. The summed E-state index contributed by atoms with van der Waals surface area (Å²) >= 11 is 12.5. The summed E-state index contributed by atoms with van der Waals surface area (Å²) in [4.78, 5) is 27.6. The van der Waals surface area contributed by atoms with Crippen LogP contribution >= 0.6 is 23.2 Å². The van der Waals surface area contributed by atoms with Gasteiger partial charge in [0, 0.05) is 22.6 Å². The highest BCUT2D eigenvalue weighted by molar-refractivity contribution is 6.36. The van der Waals surface area contributed by atoms with E-state index in [-0.39, 0.29) is 24.3 Å². The number of hydrogen-bond acceptors (Lipinski definition) is 2. The van der Waals surface area contributed by atoms with Gasteiger partial charge < -0.3 is 10.2 Å². The van der Waals surface area contributed by atoms with Crippen LogP contribution in [0.2, 0.25) is 10.0 Å². The van der Waals surface area contributed by atoms with Gasteiger partial charge in [-0.25, -0.2) is 0 Å². The molecule has 0 bridgehead atoms. The zero-order chi connectivity index (χ0) is 21.6. The van der Waals surface area contributed by atoms with E-state index in [0.717, 1.165) is 17.5 Å². The Balaban J connectivity index is 2.29. The van der Waals surface area contributed by atoms with Gasteiger partial charge in [0.25, 0.3) is 0 Å². The molecule has 0 aliphatic rings. The lowest BCUT2D eigenvalue weighted by molar-refractivity contribution is -0.140. The van der Waals surface area contributed by atoms with Gasteiger partial charge in [0.05, 0.1) is 6.42 Å². The lowest BCUT2D eigenvalue weighted by atomic mass is 10.1. The first-order chi connectivity index (χ1) is 13.7. The molecule has 1 N–H and O–H groups in total. The van der Waals surface area contributed by atoms with Crippen molar-refractivity contribution in [1.29, 1.82) is 0 Å². The van der Waals surface area contributed by atoms with Gasteiger partial charge in [-0.2, -0.15) is 0 Å². The van der Waals surface area contributed by atoms with Crippen LogP contribution in [0.4, 0.5) is 0 Å². The summed E-state index contributed by atoms with van der Waals surface area (Å²) < 4.78 is 0. The highest BCUT2D eigenvalue weighted by atomic mass is 35.5. The number of nitrogens with one attached hydrogen (secondary N) is 1. The van der Waals surface area contributed by atoms with E-state index in [1.165, 1.54) is 0 Å². The second-order valence-corrected chi connectivity index (χ2v) is 8.20. The van der Waals surface area contributed by atoms with Crippen molar-refractivity contribution in [1.82, 2.24) is 10.2 Å². The maximum atomic E-state index is 13.2. The third-order valence-corrected chi connectivity index (χ3v) is 5.70. The van der Waals surface area contributed by atoms with Crippen molar-refractivity contribution in [3.05, 3.63) is 69.2 Å². The molecule has 29 heavy (non-hydrogen) atoms. The van der Waals surface area contributed by atoms with Crippen molar-refractivity contribution in [2.45, 2.75) is 59.2 Å². The highest BCUT2D eigenvalue weighted by Gasteiger charge is 2.27. The molecule has 4 nitrogen and oxygen atoms in total. The Bertz CT molecular complexity index is 849. The minimum absolute atomic E-state index is 0.0330. The number of halogens is 2. The van der Waals surface area contributed by atoms with Crippen LogP contribution in [0.25, 0.3) is 0 Å². The normalized spacial score (nSPS) is 12.9. The van der Waals surface area contributed by atoms with E-state index >= 15 is 0 Å². The van der Waals surface area contributed by atoms with Crippen molar-refractivity contribution >= 4 is 35.0 Å². The smallest absolute Gasteiger partial charge is 0.242 e. The van der Waals surface area contributed by atoms with Crippen molar-refractivity contribution in [3.8, 4) is 0 Å². The number of amides is 2. The second kappa shape index (κ2) is 10.7. The van der Waals surface area contributed by atoms with E-state index in [1.54, 1.807) is 30.0 Å². The molecule has 0 heterocycles. The number of aryl methyl sites for hydroxylation is 1. The van der Waals surface area contributed by atoms with Gasteiger partial charge in [0.2, 0.25) is 11.8 Å². The molecule has 2 amide bonds. The zero-order valence-electron chi connectivity index (χ0n) is 17.3. The number of hydrogen-bond donors (Lipinski definition) is 1. The molecule has 0 aliphatic heterocycles. The lowest BCUT2D eigenvalue weighted by Crippen LogP contribution is -2.49. The standard InChI is InChI=1S/C23H28Cl2N2O2/c1-5-16(3)26-23(29)17(4)27(14-18-9-6-8-15(2)12-18)22(28)13-19-20(24)10-7-11-21(19)25/h6-12,16-17H,5,13-14H2,1-4H3,(H,26,29). The van der Waals surface area contributed by atoms with E-state index in [0.29, 0.717) is 22.2 Å². The number of nitrogens with zero attached hydrogens (tertiary/aromatic N) is 1. The van der Waals surface area contributed by atoms with Crippen LogP contribution < -0.4 is 5.32 Å². The fraction of sp³-hybridized carbons (Fsp3) is 0.391. The van der Waals surface area contributed by atoms with Gasteiger partial charge >= 0.3 is 0 Å². The Morgan fingerprint density at radius 3 is 2.28 bits per heavy atom. The molecular weight excluding hydrogens is 407 g/mol. The average molecular weight is 435 g/mol. The van der Waals surface area contributed by atoms with Gasteiger partial charge in [0.1, 0.15) is 6.04 Å². The fourth-order valence-electron chi connectivity index (χ4n) is 3.01. The summed E-state index contributed by atoms with van der Waals surface area (Å²) in [5.41, 5.74) is 2.64. The molecule has 0 spiro atoms. The Morgan fingerprint density at radius 1 is 1.07 bits per heavy atom. The van der Waals surface area contributed by atoms with Crippen LogP contribution in [0.5, 0.6) is 0 Å². The topological polar surface area (TPSA) is 49.4 Å². The molecule has 2 rings (SSSR count). The molecule has 2 aromatic carbocycles. The van der Waals surface area contributed by atoms with E-state index in [2.05, 4.69) is 5.32 Å². The summed E-state index contributed by atoms with van der Waals surface area (Å²) in [7, 11) is 0. The summed E-state index contributed by atoms with van der Waals surface area (Å²) in [6.45, 7) is 8.03. The predicted octanol–water partition coefficient (Wildman–Crippen LogP) is 5.18.